The molecule has 0 radical (unpaired) electrons. The van der Waals surface area contributed by atoms with Gasteiger partial charge in [0, 0.05) is 31.0 Å². The van der Waals surface area contributed by atoms with Crippen LogP contribution in [0, 0.1) is 0 Å². The predicted molar refractivity (Wildman–Crippen MR) is 78.6 cm³/mol. The van der Waals surface area contributed by atoms with Crippen molar-refractivity contribution in [3.05, 3.63) is 30.4 Å². The van der Waals surface area contributed by atoms with Gasteiger partial charge >= 0.3 is 0 Å². The minimum absolute atomic E-state index is 0.0208. The van der Waals surface area contributed by atoms with Gasteiger partial charge in [0.15, 0.2) is 0 Å². The summed E-state index contributed by atoms with van der Waals surface area (Å²) >= 11 is 0. The summed E-state index contributed by atoms with van der Waals surface area (Å²) in [5, 5.41) is 14.7. The van der Waals surface area contributed by atoms with Crippen LogP contribution in [0.1, 0.15) is 31.4 Å². The number of carbonyl (C=O) groups is 1. The predicted octanol–water partition coefficient (Wildman–Crippen LogP) is 1.07. The van der Waals surface area contributed by atoms with E-state index < -0.39 is 0 Å². The lowest BCUT2D eigenvalue weighted by Gasteiger charge is -2.11. The molecular formula is C14H20N6O. The van der Waals surface area contributed by atoms with Crippen molar-refractivity contribution in [1.29, 1.82) is 0 Å². The van der Waals surface area contributed by atoms with Gasteiger partial charge in [-0.25, -0.2) is 0 Å². The van der Waals surface area contributed by atoms with Gasteiger partial charge in [0.25, 0.3) is 0 Å². The van der Waals surface area contributed by atoms with Crippen molar-refractivity contribution >= 4 is 11.6 Å². The summed E-state index contributed by atoms with van der Waals surface area (Å²) in [6, 6.07) is 0.521. The van der Waals surface area contributed by atoms with Crippen LogP contribution in [-0.2, 0) is 18.4 Å². The highest BCUT2D eigenvalue weighted by Gasteiger charge is 2.23. The molecule has 1 fully saturated rings. The van der Waals surface area contributed by atoms with E-state index in [4.69, 9.17) is 0 Å². The lowest BCUT2D eigenvalue weighted by molar-refractivity contribution is -0.122. The van der Waals surface area contributed by atoms with Crippen molar-refractivity contribution in [3.63, 3.8) is 0 Å². The fraction of sp³-hybridized carbons (Fsp3) is 0.500. The largest absolute Gasteiger partial charge is 0.376 e. The van der Waals surface area contributed by atoms with Crippen LogP contribution in [-0.4, -0.2) is 31.5 Å². The van der Waals surface area contributed by atoms with Crippen molar-refractivity contribution < 1.29 is 4.79 Å². The lowest BCUT2D eigenvalue weighted by atomic mass is 10.2. The number of nitrogens with zero attached hydrogens (tertiary/aromatic N) is 4. The quantitative estimate of drug-likeness (QED) is 0.833. The fourth-order valence-corrected chi connectivity index (χ4v) is 2.17. The zero-order valence-electron chi connectivity index (χ0n) is 12.3. The highest BCUT2D eigenvalue weighted by molar-refractivity contribution is 5.76. The first-order valence-electron chi connectivity index (χ1n) is 7.17. The van der Waals surface area contributed by atoms with Crippen LogP contribution in [0.3, 0.4) is 0 Å². The summed E-state index contributed by atoms with van der Waals surface area (Å²) in [5.74, 6) is 0.0208. The summed E-state index contributed by atoms with van der Waals surface area (Å²) in [6.07, 6.45) is 9.59. The molecule has 2 N–H and O–H groups in total. The van der Waals surface area contributed by atoms with Crippen LogP contribution in [0.2, 0.25) is 0 Å². The Hall–Kier alpha value is -2.31. The first-order chi connectivity index (χ1) is 10.1. The maximum absolute atomic E-state index is 11.7. The second kappa shape index (κ2) is 5.59. The molecule has 1 aliphatic carbocycles. The molecule has 0 aromatic carbocycles. The third-order valence-corrected chi connectivity index (χ3v) is 3.49. The number of nitrogens with one attached hydrogen (secondary N) is 2. The minimum Gasteiger partial charge on any atom is -0.376 e. The molecule has 0 bridgehead atoms. The molecule has 112 valence electrons. The maximum atomic E-state index is 11.7. The molecule has 0 aliphatic heterocycles. The summed E-state index contributed by atoms with van der Waals surface area (Å²) in [6.45, 7) is 2.33. The number of rotatable bonds is 6. The average Bonchev–Trinajstić information content (AvgIpc) is 2.95. The molecule has 1 amide bonds. The molecular weight excluding hydrogens is 268 g/mol. The van der Waals surface area contributed by atoms with E-state index in [0.29, 0.717) is 6.04 Å². The van der Waals surface area contributed by atoms with Crippen LogP contribution < -0.4 is 10.6 Å². The van der Waals surface area contributed by atoms with Gasteiger partial charge in [-0.1, -0.05) is 0 Å². The second-order valence-corrected chi connectivity index (χ2v) is 5.58. The SMILES string of the molecule is CC(Nc1cnn(CC(=O)NC2CC2)c1)c1cnn(C)c1. The first-order valence-corrected chi connectivity index (χ1v) is 7.17. The third kappa shape index (κ3) is 3.62. The highest BCUT2D eigenvalue weighted by Crippen LogP contribution is 2.19. The van der Waals surface area contributed by atoms with Crippen molar-refractivity contribution in [1.82, 2.24) is 24.9 Å². The smallest absolute Gasteiger partial charge is 0.241 e. The highest BCUT2D eigenvalue weighted by atomic mass is 16.2. The van der Waals surface area contributed by atoms with Gasteiger partial charge in [0.05, 0.1) is 24.1 Å². The summed E-state index contributed by atoms with van der Waals surface area (Å²) < 4.78 is 3.43. The Balaban J connectivity index is 1.55. The molecule has 1 aliphatic rings. The molecule has 0 spiro atoms. The summed E-state index contributed by atoms with van der Waals surface area (Å²) in [7, 11) is 1.90. The van der Waals surface area contributed by atoms with E-state index in [9.17, 15) is 4.79 Å². The zero-order valence-corrected chi connectivity index (χ0v) is 12.3. The van der Waals surface area contributed by atoms with E-state index in [1.165, 1.54) is 0 Å². The molecule has 0 saturated heterocycles. The van der Waals surface area contributed by atoms with Crippen LogP contribution in [0.5, 0.6) is 0 Å². The lowest BCUT2D eigenvalue weighted by Crippen LogP contribution is -2.29. The van der Waals surface area contributed by atoms with Gasteiger partial charge in [-0.2, -0.15) is 10.2 Å². The number of carbonyl (C=O) groups excluding carboxylic acids is 1. The van der Waals surface area contributed by atoms with Gasteiger partial charge in [0.2, 0.25) is 5.91 Å². The van der Waals surface area contributed by atoms with E-state index in [0.717, 1.165) is 24.1 Å². The van der Waals surface area contributed by atoms with Gasteiger partial charge in [-0.3, -0.25) is 14.2 Å². The van der Waals surface area contributed by atoms with E-state index in [1.54, 1.807) is 15.6 Å². The molecule has 2 heterocycles. The Morgan fingerprint density at radius 2 is 2.19 bits per heavy atom. The average molecular weight is 288 g/mol. The first kappa shape index (κ1) is 13.7. The van der Waals surface area contributed by atoms with Gasteiger partial charge < -0.3 is 10.6 Å². The normalized spacial score (nSPS) is 15.7. The second-order valence-electron chi connectivity index (χ2n) is 5.58. The number of amides is 1. The van der Waals surface area contributed by atoms with Crippen LogP contribution >= 0.6 is 0 Å². The van der Waals surface area contributed by atoms with Gasteiger partial charge in [0.1, 0.15) is 6.54 Å². The minimum atomic E-state index is 0.0208. The Morgan fingerprint density at radius 1 is 1.38 bits per heavy atom. The Morgan fingerprint density at radius 3 is 2.86 bits per heavy atom. The molecule has 21 heavy (non-hydrogen) atoms. The Labute approximate surface area is 123 Å². The summed E-state index contributed by atoms with van der Waals surface area (Å²) in [4.78, 5) is 11.7. The zero-order chi connectivity index (χ0) is 14.8. The molecule has 2 aromatic heterocycles. The molecule has 7 heteroatoms. The topological polar surface area (TPSA) is 76.8 Å². The van der Waals surface area contributed by atoms with Crippen LogP contribution in [0.25, 0.3) is 0 Å². The van der Waals surface area contributed by atoms with Crippen molar-refractivity contribution in [2.24, 2.45) is 7.05 Å². The number of hydrogen-bond donors (Lipinski definition) is 2. The molecule has 7 nitrogen and oxygen atoms in total. The van der Waals surface area contributed by atoms with Crippen LogP contribution in [0.4, 0.5) is 5.69 Å². The number of aromatic nitrogens is 4. The van der Waals surface area contributed by atoms with Gasteiger partial charge in [-0.15, -0.1) is 0 Å². The van der Waals surface area contributed by atoms with E-state index in [2.05, 4.69) is 27.8 Å². The van der Waals surface area contributed by atoms with E-state index >= 15 is 0 Å². The molecule has 1 atom stereocenters. The molecule has 1 unspecified atom stereocenters. The monoisotopic (exact) mass is 288 g/mol. The summed E-state index contributed by atoms with van der Waals surface area (Å²) in [5.41, 5.74) is 2.00. The fourth-order valence-electron chi connectivity index (χ4n) is 2.17. The van der Waals surface area contributed by atoms with Crippen molar-refractivity contribution in [2.45, 2.75) is 38.4 Å². The van der Waals surface area contributed by atoms with Crippen molar-refractivity contribution in [3.8, 4) is 0 Å². The third-order valence-electron chi connectivity index (χ3n) is 3.49. The maximum Gasteiger partial charge on any atom is 0.241 e. The van der Waals surface area contributed by atoms with Crippen LogP contribution in [0.15, 0.2) is 24.8 Å². The molecule has 2 aromatic rings. The number of hydrogen-bond acceptors (Lipinski definition) is 4. The molecule has 1 saturated carbocycles. The standard InChI is InChI=1S/C14H20N6O/c1-10(11-5-15-19(2)7-11)17-13-6-16-20(8-13)9-14(21)18-12-3-4-12/h5-8,10,12,17H,3-4,9H2,1-2H3,(H,18,21). The Bertz CT molecular complexity index is 627. The van der Waals surface area contributed by atoms with E-state index in [1.807, 2.05) is 25.6 Å². The number of aryl methyl sites for hydroxylation is 1. The molecule has 3 rings (SSSR count). The van der Waals surface area contributed by atoms with Gasteiger partial charge in [-0.05, 0) is 19.8 Å². The van der Waals surface area contributed by atoms with E-state index in [-0.39, 0.29) is 18.5 Å². The Kier molecular flexibility index (Phi) is 3.64. The number of anilines is 1. The van der Waals surface area contributed by atoms with Crippen molar-refractivity contribution in [2.75, 3.05) is 5.32 Å².